The maximum Gasteiger partial charge on any atom is 0.240 e. The topological polar surface area (TPSA) is 81.8 Å². The standard InChI is InChI=1S/C18H30N4O3S/c1-4-15(3)20-26(24,25)17-8-6-16(7-9-17)19-18(23)14-22-12-10-21(5-2)11-13-22/h6-9,15,20H,4-5,10-14H2,1-3H3,(H,19,23)/t15-/m1/s1. The molecule has 1 aromatic carbocycles. The fraction of sp³-hybridized carbons (Fsp3) is 0.611. The fourth-order valence-electron chi connectivity index (χ4n) is 2.80. The summed E-state index contributed by atoms with van der Waals surface area (Å²) >= 11 is 0. The Hall–Kier alpha value is -1.48. The SMILES string of the molecule is CC[C@@H](C)NS(=O)(=O)c1ccc(NC(=O)CN2CCN(CC)CC2)cc1. The first-order valence-corrected chi connectivity index (χ1v) is 10.7. The quantitative estimate of drug-likeness (QED) is 0.709. The smallest absolute Gasteiger partial charge is 0.240 e. The fourth-order valence-corrected chi connectivity index (χ4v) is 4.13. The summed E-state index contributed by atoms with van der Waals surface area (Å²) in [5.41, 5.74) is 0.602. The van der Waals surface area contributed by atoms with E-state index in [0.29, 0.717) is 12.2 Å². The molecule has 0 radical (unpaired) electrons. The molecule has 0 saturated carbocycles. The van der Waals surface area contributed by atoms with Gasteiger partial charge in [-0.2, -0.15) is 0 Å². The van der Waals surface area contributed by atoms with Gasteiger partial charge in [-0.25, -0.2) is 13.1 Å². The summed E-state index contributed by atoms with van der Waals surface area (Å²) in [6.45, 7) is 11.0. The third kappa shape index (κ3) is 6.05. The highest BCUT2D eigenvalue weighted by Gasteiger charge is 2.19. The third-order valence-electron chi connectivity index (χ3n) is 4.70. The molecule has 7 nitrogen and oxygen atoms in total. The van der Waals surface area contributed by atoms with Gasteiger partial charge in [-0.15, -0.1) is 0 Å². The van der Waals surface area contributed by atoms with Gasteiger partial charge in [0.05, 0.1) is 11.4 Å². The molecule has 1 heterocycles. The minimum absolute atomic E-state index is 0.0803. The van der Waals surface area contributed by atoms with Crippen LogP contribution in [0.3, 0.4) is 0 Å². The van der Waals surface area contributed by atoms with Crippen LogP contribution < -0.4 is 10.0 Å². The normalized spacial score (nSPS) is 17.8. The Morgan fingerprint density at radius 1 is 1.08 bits per heavy atom. The van der Waals surface area contributed by atoms with Crippen LogP contribution in [-0.4, -0.2) is 69.4 Å². The van der Waals surface area contributed by atoms with E-state index in [4.69, 9.17) is 0 Å². The Kier molecular flexibility index (Phi) is 7.57. The number of amides is 1. The van der Waals surface area contributed by atoms with E-state index in [-0.39, 0.29) is 16.8 Å². The molecule has 146 valence electrons. The number of hydrogen-bond donors (Lipinski definition) is 2. The number of nitrogens with one attached hydrogen (secondary N) is 2. The van der Waals surface area contributed by atoms with Crippen molar-refractivity contribution in [3.8, 4) is 0 Å². The lowest BCUT2D eigenvalue weighted by Crippen LogP contribution is -2.48. The second-order valence-electron chi connectivity index (χ2n) is 6.71. The van der Waals surface area contributed by atoms with Gasteiger partial charge in [0.15, 0.2) is 0 Å². The molecular weight excluding hydrogens is 352 g/mol. The van der Waals surface area contributed by atoms with Gasteiger partial charge in [0, 0.05) is 37.9 Å². The lowest BCUT2D eigenvalue weighted by Gasteiger charge is -2.33. The van der Waals surface area contributed by atoms with Gasteiger partial charge in [0.2, 0.25) is 15.9 Å². The number of rotatable bonds is 8. The summed E-state index contributed by atoms with van der Waals surface area (Å²) in [5, 5.41) is 2.84. The molecule has 1 atom stereocenters. The average molecular weight is 383 g/mol. The summed E-state index contributed by atoms with van der Waals surface area (Å²) in [5.74, 6) is -0.0803. The second kappa shape index (κ2) is 9.45. The van der Waals surface area contributed by atoms with Crippen LogP contribution in [0.2, 0.25) is 0 Å². The van der Waals surface area contributed by atoms with Gasteiger partial charge >= 0.3 is 0 Å². The Labute approximate surface area is 156 Å². The number of piperazine rings is 1. The number of sulfonamides is 1. The van der Waals surface area contributed by atoms with Gasteiger partial charge < -0.3 is 10.2 Å². The van der Waals surface area contributed by atoms with E-state index in [2.05, 4.69) is 26.8 Å². The molecule has 8 heteroatoms. The van der Waals surface area contributed by atoms with Crippen LogP contribution >= 0.6 is 0 Å². The molecule has 1 aliphatic heterocycles. The molecule has 1 fully saturated rings. The molecule has 26 heavy (non-hydrogen) atoms. The van der Waals surface area contributed by atoms with Crippen LogP contribution in [0.4, 0.5) is 5.69 Å². The predicted octanol–water partition coefficient (Wildman–Crippen LogP) is 1.34. The van der Waals surface area contributed by atoms with Crippen molar-refractivity contribution in [2.45, 2.75) is 38.1 Å². The molecular formula is C18H30N4O3S. The highest BCUT2D eigenvalue weighted by atomic mass is 32.2. The number of likely N-dealkylation sites (N-methyl/N-ethyl adjacent to an activating group) is 1. The molecule has 1 amide bonds. The number of carbonyl (C=O) groups excluding carboxylic acids is 1. The lowest BCUT2D eigenvalue weighted by atomic mass is 10.3. The number of nitrogens with zero attached hydrogens (tertiary/aromatic N) is 2. The lowest BCUT2D eigenvalue weighted by molar-refractivity contribution is -0.117. The van der Waals surface area contributed by atoms with Crippen molar-refractivity contribution < 1.29 is 13.2 Å². The molecule has 0 aromatic heterocycles. The van der Waals surface area contributed by atoms with E-state index in [1.165, 1.54) is 12.1 Å². The van der Waals surface area contributed by atoms with E-state index in [9.17, 15) is 13.2 Å². The number of benzene rings is 1. The molecule has 1 saturated heterocycles. The summed E-state index contributed by atoms with van der Waals surface area (Å²) < 4.78 is 27.1. The first kappa shape index (κ1) is 20.8. The van der Waals surface area contributed by atoms with E-state index >= 15 is 0 Å². The first-order valence-electron chi connectivity index (χ1n) is 9.21. The summed E-state index contributed by atoms with van der Waals surface area (Å²) in [4.78, 5) is 16.9. The van der Waals surface area contributed by atoms with Gasteiger partial charge in [-0.3, -0.25) is 9.69 Å². The molecule has 2 N–H and O–H groups in total. The highest BCUT2D eigenvalue weighted by molar-refractivity contribution is 7.89. The van der Waals surface area contributed by atoms with Crippen LogP contribution in [0.5, 0.6) is 0 Å². The van der Waals surface area contributed by atoms with E-state index < -0.39 is 10.0 Å². The maximum absolute atomic E-state index is 12.2. The minimum atomic E-state index is -3.52. The van der Waals surface area contributed by atoms with Crippen molar-refractivity contribution in [1.82, 2.24) is 14.5 Å². The van der Waals surface area contributed by atoms with E-state index in [1.807, 2.05) is 13.8 Å². The van der Waals surface area contributed by atoms with Crippen molar-refractivity contribution in [3.05, 3.63) is 24.3 Å². The zero-order chi connectivity index (χ0) is 19.2. The van der Waals surface area contributed by atoms with Crippen LogP contribution in [0.25, 0.3) is 0 Å². The summed E-state index contributed by atoms with van der Waals surface area (Å²) in [6, 6.07) is 6.16. The van der Waals surface area contributed by atoms with Crippen LogP contribution in [0.15, 0.2) is 29.2 Å². The van der Waals surface area contributed by atoms with Crippen molar-refractivity contribution in [2.24, 2.45) is 0 Å². The zero-order valence-electron chi connectivity index (χ0n) is 15.9. The van der Waals surface area contributed by atoms with Crippen molar-refractivity contribution in [1.29, 1.82) is 0 Å². The van der Waals surface area contributed by atoms with Crippen molar-refractivity contribution in [2.75, 3.05) is 44.6 Å². The largest absolute Gasteiger partial charge is 0.325 e. The molecule has 0 bridgehead atoms. The van der Waals surface area contributed by atoms with Crippen LogP contribution in [-0.2, 0) is 14.8 Å². The van der Waals surface area contributed by atoms with Crippen molar-refractivity contribution in [3.63, 3.8) is 0 Å². The number of carbonyl (C=O) groups is 1. The van der Waals surface area contributed by atoms with E-state index in [1.54, 1.807) is 12.1 Å². The first-order chi connectivity index (χ1) is 12.3. The molecule has 1 aromatic rings. The Bertz CT molecular complexity index is 683. The predicted molar refractivity (Wildman–Crippen MR) is 104 cm³/mol. The molecule has 0 unspecified atom stereocenters. The second-order valence-corrected chi connectivity index (χ2v) is 8.43. The summed E-state index contributed by atoms with van der Waals surface area (Å²) in [6.07, 6.45) is 0.722. The molecule has 0 spiro atoms. The Morgan fingerprint density at radius 2 is 1.65 bits per heavy atom. The van der Waals surface area contributed by atoms with E-state index in [0.717, 1.165) is 39.1 Å². The zero-order valence-corrected chi connectivity index (χ0v) is 16.7. The maximum atomic E-state index is 12.2. The van der Waals surface area contributed by atoms with Gasteiger partial charge in [-0.05, 0) is 44.2 Å². The Balaban J connectivity index is 1.87. The van der Waals surface area contributed by atoms with Gasteiger partial charge in [0.25, 0.3) is 0 Å². The summed E-state index contributed by atoms with van der Waals surface area (Å²) in [7, 11) is -3.52. The highest BCUT2D eigenvalue weighted by Crippen LogP contribution is 2.15. The molecule has 1 aliphatic rings. The Morgan fingerprint density at radius 3 is 2.19 bits per heavy atom. The minimum Gasteiger partial charge on any atom is -0.325 e. The van der Waals surface area contributed by atoms with Crippen molar-refractivity contribution >= 4 is 21.6 Å². The van der Waals surface area contributed by atoms with Gasteiger partial charge in [0.1, 0.15) is 0 Å². The number of anilines is 1. The average Bonchev–Trinajstić information content (AvgIpc) is 2.62. The van der Waals surface area contributed by atoms with Crippen LogP contribution in [0, 0.1) is 0 Å². The number of hydrogen-bond acceptors (Lipinski definition) is 5. The van der Waals surface area contributed by atoms with Crippen LogP contribution in [0.1, 0.15) is 27.2 Å². The monoisotopic (exact) mass is 382 g/mol. The molecule has 0 aliphatic carbocycles. The van der Waals surface area contributed by atoms with Gasteiger partial charge in [-0.1, -0.05) is 13.8 Å². The molecule has 2 rings (SSSR count). The third-order valence-corrected chi connectivity index (χ3v) is 6.30.